The normalized spacial score (nSPS) is 10.8. The van der Waals surface area contributed by atoms with Crippen molar-refractivity contribution < 1.29 is 18.4 Å². The lowest BCUT2D eigenvalue weighted by Gasteiger charge is -2.13. The van der Waals surface area contributed by atoms with Gasteiger partial charge in [0.05, 0.1) is 22.9 Å². The van der Waals surface area contributed by atoms with Gasteiger partial charge in [-0.2, -0.15) is 0 Å². The van der Waals surface area contributed by atoms with Gasteiger partial charge in [0.1, 0.15) is 28.6 Å². The molecule has 146 valence electrons. The Morgan fingerprint density at radius 1 is 1.29 bits per heavy atom. The topological polar surface area (TPSA) is 64.4 Å². The van der Waals surface area contributed by atoms with E-state index in [4.69, 9.17) is 20.9 Å². The smallest absolute Gasteiger partial charge is 0.261 e. The number of amides is 1. The molecule has 0 bridgehead atoms. The number of benzene rings is 2. The first-order valence-electron chi connectivity index (χ1n) is 8.87. The summed E-state index contributed by atoms with van der Waals surface area (Å²) < 4.78 is 25.2. The van der Waals surface area contributed by atoms with Gasteiger partial charge in [-0.25, -0.2) is 4.39 Å². The van der Waals surface area contributed by atoms with Crippen molar-refractivity contribution in [2.24, 2.45) is 0 Å². The minimum atomic E-state index is -0.586. The largest absolute Gasteiger partial charge is 0.491 e. The third-order valence-corrected chi connectivity index (χ3v) is 4.45. The molecule has 28 heavy (non-hydrogen) atoms. The molecule has 1 aromatic heterocycles. The summed E-state index contributed by atoms with van der Waals surface area (Å²) in [4.78, 5) is 13.0. The van der Waals surface area contributed by atoms with Gasteiger partial charge < -0.3 is 14.6 Å². The second-order valence-electron chi connectivity index (χ2n) is 6.36. The van der Waals surface area contributed by atoms with Crippen molar-refractivity contribution in [2.45, 2.75) is 27.2 Å². The number of anilines is 1. The SMILES string of the molecule is CCCOc1cc(C)ccc1NC(=O)c1c(-c2c(F)cccc2Cl)noc1C. The van der Waals surface area contributed by atoms with Crippen molar-refractivity contribution in [1.82, 2.24) is 5.16 Å². The van der Waals surface area contributed by atoms with E-state index in [9.17, 15) is 9.18 Å². The predicted octanol–water partition coefficient (Wildman–Crippen LogP) is 5.79. The van der Waals surface area contributed by atoms with Crippen LogP contribution < -0.4 is 10.1 Å². The molecule has 1 N–H and O–H groups in total. The van der Waals surface area contributed by atoms with E-state index >= 15 is 0 Å². The number of halogens is 2. The van der Waals surface area contributed by atoms with Crippen molar-refractivity contribution in [2.75, 3.05) is 11.9 Å². The van der Waals surface area contributed by atoms with Crippen molar-refractivity contribution in [3.05, 3.63) is 64.1 Å². The molecule has 5 nitrogen and oxygen atoms in total. The zero-order valence-corrected chi connectivity index (χ0v) is 16.6. The number of carbonyl (C=O) groups excluding carboxylic acids is 1. The molecule has 0 atom stereocenters. The molecule has 0 aliphatic carbocycles. The highest BCUT2D eigenvalue weighted by Crippen LogP contribution is 2.34. The summed E-state index contributed by atoms with van der Waals surface area (Å²) in [6.07, 6.45) is 0.835. The van der Waals surface area contributed by atoms with Gasteiger partial charge in [0, 0.05) is 0 Å². The van der Waals surface area contributed by atoms with Crippen LogP contribution in [0, 0.1) is 19.7 Å². The van der Waals surface area contributed by atoms with E-state index < -0.39 is 11.7 Å². The van der Waals surface area contributed by atoms with Crippen molar-refractivity contribution in [3.63, 3.8) is 0 Å². The zero-order chi connectivity index (χ0) is 20.3. The van der Waals surface area contributed by atoms with Crippen molar-refractivity contribution >= 4 is 23.2 Å². The van der Waals surface area contributed by atoms with Gasteiger partial charge in [-0.05, 0) is 50.1 Å². The number of carbonyl (C=O) groups is 1. The van der Waals surface area contributed by atoms with Gasteiger partial charge in [-0.3, -0.25) is 4.79 Å². The van der Waals surface area contributed by atoms with Crippen molar-refractivity contribution in [1.29, 1.82) is 0 Å². The molecular formula is C21H20ClFN2O3. The first-order valence-corrected chi connectivity index (χ1v) is 9.25. The minimum Gasteiger partial charge on any atom is -0.491 e. The van der Waals surface area contributed by atoms with E-state index in [2.05, 4.69) is 10.5 Å². The van der Waals surface area contributed by atoms with Gasteiger partial charge in [-0.1, -0.05) is 35.8 Å². The maximum absolute atomic E-state index is 14.3. The van der Waals surface area contributed by atoms with Gasteiger partial charge in [0.25, 0.3) is 5.91 Å². The fourth-order valence-electron chi connectivity index (χ4n) is 2.78. The molecule has 3 aromatic rings. The Kier molecular flexibility index (Phi) is 5.99. The van der Waals surface area contributed by atoms with E-state index in [0.29, 0.717) is 18.0 Å². The van der Waals surface area contributed by atoms with Crippen LogP contribution in [0.4, 0.5) is 10.1 Å². The maximum Gasteiger partial charge on any atom is 0.261 e. The number of nitrogens with one attached hydrogen (secondary N) is 1. The van der Waals surface area contributed by atoms with Crippen LogP contribution in [0.25, 0.3) is 11.3 Å². The average molecular weight is 403 g/mol. The Morgan fingerprint density at radius 3 is 2.79 bits per heavy atom. The summed E-state index contributed by atoms with van der Waals surface area (Å²) in [5.41, 5.74) is 1.71. The summed E-state index contributed by atoms with van der Waals surface area (Å²) >= 11 is 6.14. The number of ether oxygens (including phenoxy) is 1. The Balaban J connectivity index is 1.98. The Labute approximate surface area is 167 Å². The molecule has 2 aromatic carbocycles. The minimum absolute atomic E-state index is 0.0255. The lowest BCUT2D eigenvalue weighted by atomic mass is 10.0. The van der Waals surface area contributed by atoms with E-state index in [0.717, 1.165) is 12.0 Å². The van der Waals surface area contributed by atoms with Crippen LogP contribution >= 0.6 is 11.6 Å². The van der Waals surface area contributed by atoms with Crippen LogP contribution in [0.5, 0.6) is 5.75 Å². The van der Waals surface area contributed by atoms with Gasteiger partial charge >= 0.3 is 0 Å². The quantitative estimate of drug-likeness (QED) is 0.566. The summed E-state index contributed by atoms with van der Waals surface area (Å²) in [5, 5.41) is 6.82. The monoisotopic (exact) mass is 402 g/mol. The van der Waals surface area contributed by atoms with Gasteiger partial charge in [0.2, 0.25) is 0 Å². The molecule has 0 spiro atoms. The summed E-state index contributed by atoms with van der Waals surface area (Å²) in [6.45, 7) is 6.05. The van der Waals surface area contributed by atoms with Gasteiger partial charge in [-0.15, -0.1) is 0 Å². The summed E-state index contributed by atoms with van der Waals surface area (Å²) in [5.74, 6) is -0.250. The molecule has 0 radical (unpaired) electrons. The average Bonchev–Trinajstić information content (AvgIpc) is 3.03. The highest BCUT2D eigenvalue weighted by Gasteiger charge is 2.26. The van der Waals surface area contributed by atoms with Crippen LogP contribution in [-0.4, -0.2) is 17.7 Å². The second-order valence-corrected chi connectivity index (χ2v) is 6.77. The first-order chi connectivity index (χ1) is 13.4. The molecule has 0 saturated carbocycles. The highest BCUT2D eigenvalue weighted by atomic mass is 35.5. The molecule has 0 unspecified atom stereocenters. The number of aromatic nitrogens is 1. The number of aryl methyl sites for hydroxylation is 2. The Hall–Kier alpha value is -2.86. The lowest BCUT2D eigenvalue weighted by molar-refractivity contribution is 0.102. The third-order valence-electron chi connectivity index (χ3n) is 4.14. The van der Waals surface area contributed by atoms with Crippen LogP contribution in [0.2, 0.25) is 5.02 Å². The molecule has 0 aliphatic rings. The Bertz CT molecular complexity index is 997. The zero-order valence-electron chi connectivity index (χ0n) is 15.8. The fourth-order valence-corrected chi connectivity index (χ4v) is 3.04. The molecule has 1 amide bonds. The third kappa shape index (κ3) is 4.02. The van der Waals surface area contributed by atoms with Crippen LogP contribution in [0.1, 0.15) is 35.0 Å². The van der Waals surface area contributed by atoms with Crippen LogP contribution in [0.15, 0.2) is 40.9 Å². The molecule has 7 heteroatoms. The Morgan fingerprint density at radius 2 is 2.07 bits per heavy atom. The lowest BCUT2D eigenvalue weighted by Crippen LogP contribution is -2.15. The molecule has 1 heterocycles. The van der Waals surface area contributed by atoms with E-state index in [1.165, 1.54) is 18.2 Å². The number of rotatable bonds is 6. The molecular weight excluding hydrogens is 383 g/mol. The highest BCUT2D eigenvalue weighted by molar-refractivity contribution is 6.33. The number of nitrogens with zero attached hydrogens (tertiary/aromatic N) is 1. The summed E-state index contributed by atoms with van der Waals surface area (Å²) in [6, 6.07) is 9.74. The molecule has 0 saturated heterocycles. The molecule has 0 aliphatic heterocycles. The fraction of sp³-hybridized carbons (Fsp3) is 0.238. The van der Waals surface area contributed by atoms with E-state index in [-0.39, 0.29) is 27.6 Å². The van der Waals surface area contributed by atoms with Crippen molar-refractivity contribution in [3.8, 4) is 17.0 Å². The molecule has 0 fully saturated rings. The number of hydrogen-bond donors (Lipinski definition) is 1. The second kappa shape index (κ2) is 8.44. The van der Waals surface area contributed by atoms with E-state index in [1.54, 1.807) is 13.0 Å². The maximum atomic E-state index is 14.3. The van der Waals surface area contributed by atoms with Crippen LogP contribution in [0.3, 0.4) is 0 Å². The predicted molar refractivity (Wildman–Crippen MR) is 107 cm³/mol. The summed E-state index contributed by atoms with van der Waals surface area (Å²) in [7, 11) is 0. The first kappa shape index (κ1) is 19.9. The van der Waals surface area contributed by atoms with Crippen LogP contribution in [-0.2, 0) is 0 Å². The number of hydrogen-bond acceptors (Lipinski definition) is 4. The molecule has 3 rings (SSSR count). The van der Waals surface area contributed by atoms with E-state index in [1.807, 2.05) is 26.0 Å². The standard InChI is InChI=1S/C21H20ClFN2O3/c1-4-10-27-17-11-12(2)8-9-16(17)24-21(26)18-13(3)28-25-20(18)19-14(22)6-5-7-15(19)23/h5-9,11H,4,10H2,1-3H3,(H,24,26). The van der Waals surface area contributed by atoms with Gasteiger partial charge in [0.15, 0.2) is 0 Å².